The Balaban J connectivity index is 2.38. The van der Waals surface area contributed by atoms with Crippen LogP contribution in [0, 0.1) is 12.7 Å². The minimum atomic E-state index is -0.497. The molecule has 0 aliphatic carbocycles. The Hall–Kier alpha value is -2.01. The Morgan fingerprint density at radius 1 is 1.15 bits per heavy atom. The molecule has 5 heteroatoms. The predicted octanol–water partition coefficient (Wildman–Crippen LogP) is 3.60. The van der Waals surface area contributed by atoms with E-state index in [0.29, 0.717) is 15.6 Å². The number of aromatic nitrogens is 2. The quantitative estimate of drug-likeness (QED) is 0.682. The van der Waals surface area contributed by atoms with Gasteiger partial charge in [0.05, 0.1) is 11.1 Å². The Bertz CT molecular complexity index is 873. The summed E-state index contributed by atoms with van der Waals surface area (Å²) >= 11 is 3.19. The number of benzene rings is 2. The molecular formula is C15H10BrFN2O. The van der Waals surface area contributed by atoms with Gasteiger partial charge in [-0.1, -0.05) is 34.1 Å². The number of halogens is 2. The maximum atomic E-state index is 14.0. The van der Waals surface area contributed by atoms with E-state index in [2.05, 4.69) is 21.0 Å². The van der Waals surface area contributed by atoms with Crippen LogP contribution in [0.5, 0.6) is 0 Å². The molecule has 0 aliphatic heterocycles. The minimum absolute atomic E-state index is 0.145. The van der Waals surface area contributed by atoms with E-state index in [-0.39, 0.29) is 11.2 Å². The zero-order valence-electron chi connectivity index (χ0n) is 10.6. The Morgan fingerprint density at radius 3 is 2.55 bits per heavy atom. The zero-order chi connectivity index (χ0) is 14.3. The first-order valence-corrected chi connectivity index (χ1v) is 6.81. The number of aryl methyl sites for hydroxylation is 1. The smallest absolute Gasteiger partial charge is 0.267 e. The summed E-state index contributed by atoms with van der Waals surface area (Å²) in [6, 6.07) is 11.7. The number of hydrogen-bond acceptors (Lipinski definition) is 2. The molecule has 0 fully saturated rings. The van der Waals surface area contributed by atoms with Gasteiger partial charge in [-0.2, -0.15) is 9.78 Å². The maximum absolute atomic E-state index is 14.0. The molecule has 0 spiro atoms. The lowest BCUT2D eigenvalue weighted by Crippen LogP contribution is -2.23. The average molecular weight is 333 g/mol. The van der Waals surface area contributed by atoms with Crippen LogP contribution in [0.1, 0.15) is 5.69 Å². The summed E-state index contributed by atoms with van der Waals surface area (Å²) in [5.74, 6) is -0.497. The third kappa shape index (κ3) is 2.04. The van der Waals surface area contributed by atoms with Crippen molar-refractivity contribution in [3.8, 4) is 5.69 Å². The van der Waals surface area contributed by atoms with E-state index in [1.807, 2.05) is 12.1 Å². The molecule has 0 bridgehead atoms. The molecule has 0 amide bonds. The topological polar surface area (TPSA) is 34.9 Å². The molecule has 0 saturated carbocycles. The molecule has 2 aromatic carbocycles. The van der Waals surface area contributed by atoms with Crippen LogP contribution in [0.2, 0.25) is 0 Å². The molecular weight excluding hydrogens is 323 g/mol. The molecule has 1 heterocycles. The third-order valence-electron chi connectivity index (χ3n) is 3.13. The lowest BCUT2D eigenvalue weighted by Gasteiger charge is -2.09. The van der Waals surface area contributed by atoms with Crippen LogP contribution < -0.4 is 5.56 Å². The van der Waals surface area contributed by atoms with Crippen molar-refractivity contribution in [3.05, 3.63) is 68.8 Å². The van der Waals surface area contributed by atoms with Gasteiger partial charge in [-0.25, -0.2) is 4.39 Å². The van der Waals surface area contributed by atoms with E-state index in [0.717, 1.165) is 10.1 Å². The standard InChI is InChI=1S/C15H10BrFN2O/c1-9-11-4-2-3-5-12(11)15(20)19(18-9)14-7-6-10(16)8-13(14)17/h2-8H,1H3. The first-order valence-electron chi connectivity index (χ1n) is 6.02. The average Bonchev–Trinajstić information content (AvgIpc) is 2.43. The van der Waals surface area contributed by atoms with Crippen LogP contribution in [0.15, 0.2) is 51.7 Å². The van der Waals surface area contributed by atoms with Crippen molar-refractivity contribution in [2.75, 3.05) is 0 Å². The van der Waals surface area contributed by atoms with Gasteiger partial charge in [0.15, 0.2) is 0 Å². The molecule has 1 aromatic heterocycles. The highest BCUT2D eigenvalue weighted by Crippen LogP contribution is 2.19. The molecule has 0 aliphatic rings. The van der Waals surface area contributed by atoms with Gasteiger partial charge >= 0.3 is 0 Å². The highest BCUT2D eigenvalue weighted by atomic mass is 79.9. The highest BCUT2D eigenvalue weighted by molar-refractivity contribution is 9.10. The first-order chi connectivity index (χ1) is 9.58. The van der Waals surface area contributed by atoms with Gasteiger partial charge < -0.3 is 0 Å². The molecule has 0 N–H and O–H groups in total. The zero-order valence-corrected chi connectivity index (χ0v) is 12.2. The van der Waals surface area contributed by atoms with E-state index < -0.39 is 5.82 Å². The van der Waals surface area contributed by atoms with Crippen molar-refractivity contribution in [3.63, 3.8) is 0 Å². The Labute approximate surface area is 122 Å². The van der Waals surface area contributed by atoms with Crippen LogP contribution >= 0.6 is 15.9 Å². The molecule has 0 unspecified atom stereocenters. The van der Waals surface area contributed by atoms with Crippen molar-refractivity contribution in [2.24, 2.45) is 0 Å². The van der Waals surface area contributed by atoms with Crippen LogP contribution in [0.3, 0.4) is 0 Å². The summed E-state index contributed by atoms with van der Waals surface area (Å²) in [5, 5.41) is 5.52. The highest BCUT2D eigenvalue weighted by Gasteiger charge is 2.12. The number of fused-ring (bicyclic) bond motifs is 1. The van der Waals surface area contributed by atoms with Crippen molar-refractivity contribution >= 4 is 26.7 Å². The van der Waals surface area contributed by atoms with Crippen molar-refractivity contribution in [1.82, 2.24) is 9.78 Å². The number of nitrogens with zero attached hydrogens (tertiary/aromatic N) is 2. The predicted molar refractivity (Wildman–Crippen MR) is 79.7 cm³/mol. The Kier molecular flexibility index (Phi) is 3.14. The van der Waals surface area contributed by atoms with E-state index in [9.17, 15) is 9.18 Å². The number of rotatable bonds is 1. The Morgan fingerprint density at radius 2 is 1.85 bits per heavy atom. The largest absolute Gasteiger partial charge is 0.279 e. The van der Waals surface area contributed by atoms with Crippen LogP contribution in [-0.2, 0) is 0 Å². The molecule has 0 radical (unpaired) electrons. The lowest BCUT2D eigenvalue weighted by atomic mass is 10.1. The summed E-state index contributed by atoms with van der Waals surface area (Å²) in [7, 11) is 0. The summed E-state index contributed by atoms with van der Waals surface area (Å²) in [6.45, 7) is 1.80. The fraction of sp³-hybridized carbons (Fsp3) is 0.0667. The molecule has 3 aromatic rings. The van der Waals surface area contributed by atoms with Gasteiger partial charge in [-0.05, 0) is 31.2 Å². The van der Waals surface area contributed by atoms with Crippen molar-refractivity contribution < 1.29 is 4.39 Å². The van der Waals surface area contributed by atoms with Gasteiger partial charge in [0, 0.05) is 9.86 Å². The summed E-state index contributed by atoms with van der Waals surface area (Å²) in [6.07, 6.45) is 0. The second-order valence-corrected chi connectivity index (χ2v) is 5.36. The van der Waals surface area contributed by atoms with E-state index >= 15 is 0 Å². The summed E-state index contributed by atoms with van der Waals surface area (Å²) in [4.78, 5) is 12.4. The summed E-state index contributed by atoms with van der Waals surface area (Å²) < 4.78 is 15.7. The fourth-order valence-corrected chi connectivity index (χ4v) is 2.50. The first kappa shape index (κ1) is 13.0. The second-order valence-electron chi connectivity index (χ2n) is 4.44. The minimum Gasteiger partial charge on any atom is -0.267 e. The number of hydrogen-bond donors (Lipinski definition) is 0. The van der Waals surface area contributed by atoms with Gasteiger partial charge in [0.1, 0.15) is 11.5 Å². The van der Waals surface area contributed by atoms with Crippen LogP contribution in [-0.4, -0.2) is 9.78 Å². The van der Waals surface area contributed by atoms with Gasteiger partial charge in [-0.15, -0.1) is 0 Å². The summed E-state index contributed by atoms with van der Waals surface area (Å²) in [5.41, 5.74) is 0.502. The molecule has 3 rings (SSSR count). The van der Waals surface area contributed by atoms with Gasteiger partial charge in [0.2, 0.25) is 0 Å². The molecule has 3 nitrogen and oxygen atoms in total. The monoisotopic (exact) mass is 332 g/mol. The van der Waals surface area contributed by atoms with Gasteiger partial charge in [-0.3, -0.25) is 4.79 Å². The maximum Gasteiger partial charge on any atom is 0.279 e. The van der Waals surface area contributed by atoms with Crippen LogP contribution in [0.25, 0.3) is 16.5 Å². The molecule has 0 saturated heterocycles. The lowest BCUT2D eigenvalue weighted by molar-refractivity contribution is 0.604. The normalized spacial score (nSPS) is 10.9. The fourth-order valence-electron chi connectivity index (χ4n) is 2.16. The van der Waals surface area contributed by atoms with Crippen molar-refractivity contribution in [2.45, 2.75) is 6.92 Å². The molecule has 20 heavy (non-hydrogen) atoms. The van der Waals surface area contributed by atoms with Crippen molar-refractivity contribution in [1.29, 1.82) is 0 Å². The molecule has 100 valence electrons. The van der Waals surface area contributed by atoms with E-state index in [1.54, 1.807) is 25.1 Å². The SMILES string of the molecule is Cc1nn(-c2ccc(Br)cc2F)c(=O)c2ccccc12. The van der Waals surface area contributed by atoms with E-state index in [4.69, 9.17) is 0 Å². The van der Waals surface area contributed by atoms with Crippen LogP contribution in [0.4, 0.5) is 4.39 Å². The van der Waals surface area contributed by atoms with E-state index in [1.165, 1.54) is 12.1 Å². The third-order valence-corrected chi connectivity index (χ3v) is 3.62. The van der Waals surface area contributed by atoms with Gasteiger partial charge in [0.25, 0.3) is 5.56 Å². The second kappa shape index (κ2) is 4.83. The molecule has 0 atom stereocenters.